The van der Waals surface area contributed by atoms with E-state index in [0.717, 1.165) is 74.4 Å². The zero-order valence-electron chi connectivity index (χ0n) is 25.5. The standard InChI is InChI=1S/C32H44N8S/c1-22(24-10-8-11-28-29(24)25(20-33)30(41-28)36-21-38(6)7)18-26(34)27-12-13-35-31(37-27)40-15-9-14-39(16-17-40)23(2)19-32(3,4)5/h12-13,18,21,24,34H,2,8-11,14-17,19H2,1,3-7H3/b22-18+,34-26?,36-21+. The van der Waals surface area contributed by atoms with Crippen LogP contribution in [0.15, 0.2) is 41.2 Å². The van der Waals surface area contributed by atoms with Crippen molar-refractivity contribution in [3.05, 3.63) is 57.9 Å². The summed E-state index contributed by atoms with van der Waals surface area (Å²) in [6, 6.07) is 4.25. The molecule has 3 heterocycles. The summed E-state index contributed by atoms with van der Waals surface area (Å²) in [4.78, 5) is 21.7. The van der Waals surface area contributed by atoms with Gasteiger partial charge < -0.3 is 14.7 Å². The minimum absolute atomic E-state index is 0.104. The third kappa shape index (κ3) is 7.62. The Hall–Kier alpha value is -3.51. The number of rotatable bonds is 8. The number of nitrogens with zero attached hydrogens (tertiary/aromatic N) is 7. The zero-order valence-corrected chi connectivity index (χ0v) is 26.3. The second-order valence-corrected chi connectivity index (χ2v) is 13.6. The second kappa shape index (κ2) is 13.0. The molecule has 4 rings (SSSR count). The Bertz CT molecular complexity index is 1370. The highest BCUT2D eigenvalue weighted by atomic mass is 32.1. The van der Waals surface area contributed by atoms with Gasteiger partial charge in [0.2, 0.25) is 5.95 Å². The van der Waals surface area contributed by atoms with Gasteiger partial charge in [-0.2, -0.15) is 5.26 Å². The number of anilines is 1. The second-order valence-electron chi connectivity index (χ2n) is 12.6. The normalized spacial score (nSPS) is 18.2. The number of nitrogens with one attached hydrogen (secondary N) is 1. The molecule has 0 bridgehead atoms. The molecule has 1 aliphatic carbocycles. The van der Waals surface area contributed by atoms with Gasteiger partial charge in [0.25, 0.3) is 0 Å². The number of hydrogen-bond donors (Lipinski definition) is 1. The van der Waals surface area contributed by atoms with Crippen molar-refractivity contribution in [3.63, 3.8) is 0 Å². The molecule has 0 amide bonds. The average molecular weight is 573 g/mol. The Morgan fingerprint density at radius 3 is 2.76 bits per heavy atom. The van der Waals surface area contributed by atoms with Crippen LogP contribution in [0.4, 0.5) is 10.9 Å². The number of fused-ring (bicyclic) bond motifs is 1. The van der Waals surface area contributed by atoms with Crippen LogP contribution < -0.4 is 4.90 Å². The first-order valence-electron chi connectivity index (χ1n) is 14.5. The summed E-state index contributed by atoms with van der Waals surface area (Å²) in [7, 11) is 3.85. The highest BCUT2D eigenvalue weighted by Crippen LogP contribution is 2.46. The molecule has 0 saturated carbocycles. The maximum Gasteiger partial charge on any atom is 0.225 e. The molecule has 0 radical (unpaired) electrons. The topological polar surface area (TPSA) is 95.5 Å². The zero-order chi connectivity index (χ0) is 29.7. The number of nitriles is 1. The third-order valence-corrected chi connectivity index (χ3v) is 8.74. The van der Waals surface area contributed by atoms with Gasteiger partial charge >= 0.3 is 0 Å². The Labute approximate surface area is 249 Å². The van der Waals surface area contributed by atoms with Gasteiger partial charge in [-0.15, -0.1) is 11.3 Å². The lowest BCUT2D eigenvalue weighted by Crippen LogP contribution is -2.32. The fourth-order valence-corrected chi connectivity index (χ4v) is 6.87. The summed E-state index contributed by atoms with van der Waals surface area (Å²) < 4.78 is 0. The summed E-state index contributed by atoms with van der Waals surface area (Å²) in [5.41, 5.74) is 5.26. The van der Waals surface area contributed by atoms with E-state index in [1.54, 1.807) is 23.9 Å². The number of aryl methyl sites for hydroxylation is 1. The van der Waals surface area contributed by atoms with E-state index in [0.29, 0.717) is 22.9 Å². The van der Waals surface area contributed by atoms with Crippen molar-refractivity contribution in [2.75, 3.05) is 45.2 Å². The van der Waals surface area contributed by atoms with Gasteiger partial charge in [0.1, 0.15) is 11.1 Å². The first kappa shape index (κ1) is 30.4. The van der Waals surface area contributed by atoms with Gasteiger partial charge in [-0.05, 0) is 62.1 Å². The van der Waals surface area contributed by atoms with Crippen LogP contribution in [0.2, 0.25) is 0 Å². The quantitative estimate of drug-likeness (QED) is 0.286. The monoisotopic (exact) mass is 572 g/mol. The summed E-state index contributed by atoms with van der Waals surface area (Å²) >= 11 is 1.63. The van der Waals surface area contributed by atoms with Gasteiger partial charge in [-0.25, -0.2) is 15.0 Å². The minimum atomic E-state index is 0.104. The molecule has 1 atom stereocenters. The molecule has 0 spiro atoms. The van der Waals surface area contributed by atoms with Crippen LogP contribution in [-0.2, 0) is 6.42 Å². The van der Waals surface area contributed by atoms with Crippen molar-refractivity contribution >= 4 is 34.3 Å². The fourth-order valence-electron chi connectivity index (χ4n) is 5.68. The van der Waals surface area contributed by atoms with E-state index >= 15 is 0 Å². The van der Waals surface area contributed by atoms with Crippen molar-refractivity contribution in [1.29, 1.82) is 10.7 Å². The van der Waals surface area contributed by atoms with Crippen molar-refractivity contribution in [3.8, 4) is 6.07 Å². The number of aliphatic imine (C=N–C) groups is 1. The van der Waals surface area contributed by atoms with Crippen LogP contribution in [0, 0.1) is 22.2 Å². The third-order valence-electron chi connectivity index (χ3n) is 7.57. The van der Waals surface area contributed by atoms with Crippen LogP contribution in [0.1, 0.15) is 81.0 Å². The molecule has 2 aromatic rings. The van der Waals surface area contributed by atoms with E-state index in [1.807, 2.05) is 31.1 Å². The number of thiophene rings is 1. The van der Waals surface area contributed by atoms with E-state index < -0.39 is 0 Å². The van der Waals surface area contributed by atoms with E-state index in [4.69, 9.17) is 10.4 Å². The lowest BCUT2D eigenvalue weighted by molar-refractivity contribution is 0.303. The molecule has 1 N–H and O–H groups in total. The van der Waals surface area contributed by atoms with E-state index in [1.165, 1.54) is 10.6 Å². The van der Waals surface area contributed by atoms with Crippen molar-refractivity contribution in [2.45, 2.75) is 65.7 Å². The Kier molecular flexibility index (Phi) is 9.64. The number of hydrogen-bond acceptors (Lipinski definition) is 8. The Balaban J connectivity index is 1.50. The highest BCUT2D eigenvalue weighted by Gasteiger charge is 2.29. The van der Waals surface area contributed by atoms with Crippen LogP contribution in [0.3, 0.4) is 0 Å². The van der Waals surface area contributed by atoms with E-state index in [9.17, 15) is 5.26 Å². The molecule has 1 unspecified atom stereocenters. The maximum absolute atomic E-state index is 10.0. The predicted octanol–water partition coefficient (Wildman–Crippen LogP) is 6.53. The molecule has 0 aromatic carbocycles. The molecule has 218 valence electrons. The average Bonchev–Trinajstić information content (AvgIpc) is 3.09. The summed E-state index contributed by atoms with van der Waals surface area (Å²) in [5, 5.41) is 19.7. The van der Waals surface area contributed by atoms with Gasteiger partial charge in [0, 0.05) is 63.0 Å². The fraction of sp³-hybridized carbons (Fsp3) is 0.531. The van der Waals surface area contributed by atoms with Gasteiger partial charge in [-0.3, -0.25) is 5.41 Å². The smallest absolute Gasteiger partial charge is 0.225 e. The van der Waals surface area contributed by atoms with Gasteiger partial charge in [-0.1, -0.05) is 32.9 Å². The predicted molar refractivity (Wildman–Crippen MR) is 171 cm³/mol. The minimum Gasteiger partial charge on any atom is -0.373 e. The van der Waals surface area contributed by atoms with E-state index in [2.05, 4.69) is 60.1 Å². The number of allylic oxidation sites excluding steroid dienone is 3. The molecule has 1 saturated heterocycles. The lowest BCUT2D eigenvalue weighted by Gasteiger charge is -2.30. The summed E-state index contributed by atoms with van der Waals surface area (Å²) in [5.74, 6) is 0.780. The largest absolute Gasteiger partial charge is 0.373 e. The maximum atomic E-state index is 10.0. The highest BCUT2D eigenvalue weighted by molar-refractivity contribution is 7.16. The first-order chi connectivity index (χ1) is 19.5. The van der Waals surface area contributed by atoms with E-state index in [-0.39, 0.29) is 11.3 Å². The van der Waals surface area contributed by atoms with Crippen molar-refractivity contribution < 1.29 is 0 Å². The molecule has 1 fully saturated rings. The molecule has 8 nitrogen and oxygen atoms in total. The SMILES string of the molecule is C=C(CC(C)(C)C)N1CCCN(c2nccc(C(=N)/C=C(\C)C3CCCc4sc(/N=C/N(C)C)c(C#N)c43)n2)CC1. The molecule has 9 heteroatoms. The number of aromatic nitrogens is 2. The van der Waals surface area contributed by atoms with Crippen molar-refractivity contribution in [1.82, 2.24) is 19.8 Å². The molecule has 41 heavy (non-hydrogen) atoms. The molecule has 2 aromatic heterocycles. The summed E-state index contributed by atoms with van der Waals surface area (Å²) in [6.45, 7) is 16.8. The summed E-state index contributed by atoms with van der Waals surface area (Å²) in [6.07, 6.45) is 10.4. The first-order valence-corrected chi connectivity index (χ1v) is 15.3. The molecular weight excluding hydrogens is 528 g/mol. The lowest BCUT2D eigenvalue weighted by atomic mass is 9.80. The van der Waals surface area contributed by atoms with Gasteiger partial charge in [0.05, 0.1) is 23.3 Å². The Morgan fingerprint density at radius 1 is 1.27 bits per heavy atom. The van der Waals surface area contributed by atoms with Crippen molar-refractivity contribution in [2.24, 2.45) is 10.4 Å². The van der Waals surface area contributed by atoms with Gasteiger partial charge in [0.15, 0.2) is 0 Å². The molecule has 1 aliphatic heterocycles. The molecule has 2 aliphatic rings. The Morgan fingerprint density at radius 2 is 2.05 bits per heavy atom. The van der Waals surface area contributed by atoms with Crippen LogP contribution in [0.25, 0.3) is 0 Å². The van der Waals surface area contributed by atoms with Crippen LogP contribution in [-0.4, -0.2) is 72.1 Å². The van der Waals surface area contributed by atoms with Crippen LogP contribution >= 0.6 is 11.3 Å². The molecular formula is C32H44N8S. The van der Waals surface area contributed by atoms with Crippen LogP contribution in [0.5, 0.6) is 0 Å².